The van der Waals surface area contributed by atoms with Crippen LogP contribution in [-0.4, -0.2) is 27.7 Å². The number of ether oxygens (including phenoxy) is 1. The zero-order chi connectivity index (χ0) is 18.4. The second-order valence-electron chi connectivity index (χ2n) is 5.89. The van der Waals surface area contributed by atoms with Crippen molar-refractivity contribution >= 4 is 12.2 Å². The van der Waals surface area contributed by atoms with Gasteiger partial charge in [-0.05, 0) is 42.0 Å². The maximum Gasteiger partial charge on any atom is 0.185 e. The average Bonchev–Trinajstić information content (AvgIpc) is 3.03. The van der Waals surface area contributed by atoms with Crippen molar-refractivity contribution in [1.29, 1.82) is 5.26 Å². The number of imidazole rings is 1. The summed E-state index contributed by atoms with van der Waals surface area (Å²) in [6, 6.07) is 20.1. The van der Waals surface area contributed by atoms with E-state index in [2.05, 4.69) is 23.1 Å². The van der Waals surface area contributed by atoms with Crippen LogP contribution < -0.4 is 4.74 Å². The van der Waals surface area contributed by atoms with Gasteiger partial charge in [0.2, 0.25) is 0 Å². The average molecular weight is 364 g/mol. The molecule has 0 unspecified atom stereocenters. The molecule has 0 radical (unpaired) electrons. The van der Waals surface area contributed by atoms with Crippen molar-refractivity contribution in [3.05, 3.63) is 77.3 Å². The summed E-state index contributed by atoms with van der Waals surface area (Å²) in [5.41, 5.74) is 2.15. The number of aromatic nitrogens is 2. The molecule has 6 heteroatoms. The van der Waals surface area contributed by atoms with Crippen molar-refractivity contribution < 1.29 is 4.74 Å². The third-order valence-electron chi connectivity index (χ3n) is 4.09. The topological polar surface area (TPSA) is 46.1 Å². The van der Waals surface area contributed by atoms with Gasteiger partial charge in [0, 0.05) is 24.6 Å². The summed E-state index contributed by atoms with van der Waals surface area (Å²) in [6.07, 6.45) is 3.89. The third-order valence-corrected chi connectivity index (χ3v) is 4.52. The molecule has 3 rings (SSSR count). The molecule has 5 nitrogen and oxygen atoms in total. The Hall–Kier alpha value is -2.88. The lowest BCUT2D eigenvalue weighted by atomic mass is 10.2. The summed E-state index contributed by atoms with van der Waals surface area (Å²) < 4.78 is 9.80. The van der Waals surface area contributed by atoms with Gasteiger partial charge in [-0.15, -0.1) is 0 Å². The SMILES string of the molecule is COc1ccc(-n2ccn(CN(CC#N)Cc3ccccc3)c2=S)cc1. The van der Waals surface area contributed by atoms with E-state index in [4.69, 9.17) is 22.2 Å². The Bertz CT molecular complexity index is 938. The minimum Gasteiger partial charge on any atom is -0.497 e. The van der Waals surface area contributed by atoms with Gasteiger partial charge in [0.15, 0.2) is 4.77 Å². The van der Waals surface area contributed by atoms with Crippen molar-refractivity contribution in [3.8, 4) is 17.5 Å². The summed E-state index contributed by atoms with van der Waals surface area (Å²) in [5, 5.41) is 9.15. The Balaban J connectivity index is 1.79. The van der Waals surface area contributed by atoms with Gasteiger partial charge in [0.25, 0.3) is 0 Å². The Labute approximate surface area is 158 Å². The molecule has 2 aromatic carbocycles. The van der Waals surface area contributed by atoms with Crippen molar-refractivity contribution in [2.45, 2.75) is 13.2 Å². The molecule has 0 amide bonds. The fraction of sp³-hybridized carbons (Fsp3) is 0.200. The Morgan fingerprint density at radius 3 is 2.46 bits per heavy atom. The highest BCUT2D eigenvalue weighted by Crippen LogP contribution is 2.16. The highest BCUT2D eigenvalue weighted by Gasteiger charge is 2.09. The lowest BCUT2D eigenvalue weighted by Gasteiger charge is -2.19. The van der Waals surface area contributed by atoms with E-state index in [0.717, 1.165) is 11.4 Å². The molecule has 0 atom stereocenters. The molecule has 3 aromatic rings. The highest BCUT2D eigenvalue weighted by atomic mass is 32.1. The number of rotatable bonds is 7. The summed E-state index contributed by atoms with van der Waals surface area (Å²) in [5.74, 6) is 0.808. The van der Waals surface area contributed by atoms with E-state index < -0.39 is 0 Å². The quantitative estimate of drug-likeness (QED) is 0.470. The van der Waals surface area contributed by atoms with Crippen LogP contribution in [0.25, 0.3) is 5.69 Å². The molecule has 0 spiro atoms. The minimum absolute atomic E-state index is 0.338. The largest absolute Gasteiger partial charge is 0.497 e. The highest BCUT2D eigenvalue weighted by molar-refractivity contribution is 7.71. The maximum absolute atomic E-state index is 9.15. The first-order chi connectivity index (χ1) is 12.7. The maximum atomic E-state index is 9.15. The van der Waals surface area contributed by atoms with Crippen LogP contribution in [0, 0.1) is 16.1 Å². The van der Waals surface area contributed by atoms with E-state index in [9.17, 15) is 0 Å². The smallest absolute Gasteiger partial charge is 0.185 e. The number of hydrogen-bond donors (Lipinski definition) is 0. The molecule has 1 aromatic heterocycles. The van der Waals surface area contributed by atoms with Crippen LogP contribution in [0.1, 0.15) is 5.56 Å². The van der Waals surface area contributed by atoms with Crippen LogP contribution in [0.2, 0.25) is 0 Å². The van der Waals surface area contributed by atoms with Gasteiger partial charge in [0.05, 0.1) is 26.4 Å². The Morgan fingerprint density at radius 1 is 1.08 bits per heavy atom. The van der Waals surface area contributed by atoms with Crippen LogP contribution in [0.3, 0.4) is 0 Å². The Morgan fingerprint density at radius 2 is 1.81 bits per heavy atom. The first kappa shape index (κ1) is 17.9. The molecule has 0 saturated heterocycles. The fourth-order valence-corrected chi connectivity index (χ4v) is 3.06. The van der Waals surface area contributed by atoms with Gasteiger partial charge in [0.1, 0.15) is 5.75 Å². The number of benzene rings is 2. The first-order valence-electron chi connectivity index (χ1n) is 8.26. The molecule has 1 heterocycles. The fourth-order valence-electron chi connectivity index (χ4n) is 2.77. The summed E-state index contributed by atoms with van der Waals surface area (Å²) in [6.45, 7) is 1.60. The minimum atomic E-state index is 0.338. The molecule has 0 aliphatic rings. The predicted molar refractivity (Wildman–Crippen MR) is 104 cm³/mol. The molecular weight excluding hydrogens is 344 g/mol. The van der Waals surface area contributed by atoms with Gasteiger partial charge in [-0.25, -0.2) is 0 Å². The van der Waals surface area contributed by atoms with Gasteiger partial charge in [-0.2, -0.15) is 5.26 Å². The monoisotopic (exact) mass is 364 g/mol. The van der Waals surface area contributed by atoms with Gasteiger partial charge < -0.3 is 9.30 Å². The van der Waals surface area contributed by atoms with Gasteiger partial charge >= 0.3 is 0 Å². The molecule has 26 heavy (non-hydrogen) atoms. The van der Waals surface area contributed by atoms with E-state index >= 15 is 0 Å². The lowest BCUT2D eigenvalue weighted by Crippen LogP contribution is -2.26. The number of methoxy groups -OCH3 is 1. The van der Waals surface area contributed by atoms with Crippen molar-refractivity contribution in [2.75, 3.05) is 13.7 Å². The van der Waals surface area contributed by atoms with Gasteiger partial charge in [-0.1, -0.05) is 30.3 Å². The van der Waals surface area contributed by atoms with Gasteiger partial charge in [-0.3, -0.25) is 9.47 Å². The van der Waals surface area contributed by atoms with Crippen LogP contribution in [0.15, 0.2) is 67.0 Å². The molecule has 0 N–H and O–H groups in total. The molecular formula is C20H20N4OS. The number of hydrogen-bond acceptors (Lipinski definition) is 4. The summed E-state index contributed by atoms with van der Waals surface area (Å²) >= 11 is 5.62. The second-order valence-corrected chi connectivity index (χ2v) is 6.26. The zero-order valence-electron chi connectivity index (χ0n) is 14.6. The molecule has 132 valence electrons. The molecule has 0 aliphatic heterocycles. The molecule has 0 bridgehead atoms. The molecule has 0 fully saturated rings. The number of nitriles is 1. The van der Waals surface area contributed by atoms with Crippen LogP contribution in [-0.2, 0) is 13.2 Å². The van der Waals surface area contributed by atoms with Crippen LogP contribution in [0.5, 0.6) is 5.75 Å². The van der Waals surface area contributed by atoms with E-state index in [1.165, 1.54) is 5.56 Å². The lowest BCUT2D eigenvalue weighted by molar-refractivity contribution is 0.234. The molecule has 0 saturated carbocycles. The zero-order valence-corrected chi connectivity index (χ0v) is 15.4. The van der Waals surface area contributed by atoms with Crippen LogP contribution >= 0.6 is 12.2 Å². The van der Waals surface area contributed by atoms with Crippen molar-refractivity contribution in [3.63, 3.8) is 0 Å². The standard InChI is InChI=1S/C20H20N4OS/c1-25-19-9-7-18(8-10-19)24-14-13-23(20(24)26)16-22(12-11-21)15-17-5-3-2-4-6-17/h2-10,13-14H,12,15-16H2,1H3. The first-order valence-corrected chi connectivity index (χ1v) is 8.67. The second kappa shape index (κ2) is 8.48. The third kappa shape index (κ3) is 4.20. The van der Waals surface area contributed by atoms with Crippen molar-refractivity contribution in [2.24, 2.45) is 0 Å². The van der Waals surface area contributed by atoms with E-state index in [1.54, 1.807) is 7.11 Å². The summed E-state index contributed by atoms with van der Waals surface area (Å²) in [7, 11) is 1.65. The van der Waals surface area contributed by atoms with E-state index in [-0.39, 0.29) is 0 Å². The predicted octanol–water partition coefficient (Wildman–Crippen LogP) is 4.00. The molecule has 0 aliphatic carbocycles. The Kier molecular flexibility index (Phi) is 5.84. The van der Waals surface area contributed by atoms with E-state index in [1.807, 2.05) is 64.0 Å². The normalized spacial score (nSPS) is 10.7. The number of nitrogens with zero attached hydrogens (tertiary/aromatic N) is 4. The summed E-state index contributed by atoms with van der Waals surface area (Å²) in [4.78, 5) is 2.06. The van der Waals surface area contributed by atoms with Crippen LogP contribution in [0.4, 0.5) is 0 Å². The van der Waals surface area contributed by atoms with Crippen molar-refractivity contribution in [1.82, 2.24) is 14.0 Å². The van der Waals surface area contributed by atoms with E-state index in [0.29, 0.717) is 24.5 Å².